The number of aliphatic hydroxyl groups is 1. The number of halogens is 1. The Labute approximate surface area is 126 Å². The molecule has 3 nitrogen and oxygen atoms in total. The first-order chi connectivity index (χ1) is 9.60. The lowest BCUT2D eigenvalue weighted by molar-refractivity contribution is 0.0880. The molecule has 2 aromatic carbocycles. The maximum Gasteiger partial charge on any atom is 0.165 e. The first-order valence-electron chi connectivity index (χ1n) is 6.21. The molecule has 0 aliphatic rings. The summed E-state index contributed by atoms with van der Waals surface area (Å²) in [5.74, 6) is 0.640. The highest BCUT2D eigenvalue weighted by Crippen LogP contribution is 2.22. The summed E-state index contributed by atoms with van der Waals surface area (Å²) < 4.78 is 5.98. The molecule has 0 aliphatic heterocycles. The maximum absolute atomic E-state index is 12.1. The van der Waals surface area contributed by atoms with Gasteiger partial charge in [0.25, 0.3) is 0 Å². The Bertz CT molecular complexity index is 576. The average molecular weight is 335 g/mol. The van der Waals surface area contributed by atoms with E-state index in [2.05, 4.69) is 15.9 Å². The third-order valence-electron chi connectivity index (χ3n) is 3.05. The van der Waals surface area contributed by atoms with Crippen LogP contribution < -0.4 is 4.74 Å². The number of ether oxygens (including phenoxy) is 1. The Hall–Kier alpha value is -1.65. The molecule has 0 fully saturated rings. The zero-order valence-corrected chi connectivity index (χ0v) is 12.6. The summed E-state index contributed by atoms with van der Waals surface area (Å²) in [7, 11) is 1.59. The second kappa shape index (κ2) is 6.68. The van der Waals surface area contributed by atoms with Crippen LogP contribution in [0, 0.1) is 0 Å². The quantitative estimate of drug-likeness (QED) is 0.846. The number of methoxy groups -OCH3 is 1. The van der Waals surface area contributed by atoms with Crippen LogP contribution in [0.15, 0.2) is 53.0 Å². The fourth-order valence-electron chi connectivity index (χ4n) is 1.87. The number of aliphatic hydroxyl groups excluding tert-OH is 1. The van der Waals surface area contributed by atoms with Gasteiger partial charge in [0, 0.05) is 16.5 Å². The summed E-state index contributed by atoms with van der Waals surface area (Å²) in [6, 6.07) is 14.2. The molecule has 0 saturated carbocycles. The van der Waals surface area contributed by atoms with Crippen molar-refractivity contribution in [2.75, 3.05) is 7.11 Å². The van der Waals surface area contributed by atoms with E-state index < -0.39 is 6.10 Å². The summed E-state index contributed by atoms with van der Waals surface area (Å²) >= 11 is 3.32. The van der Waals surface area contributed by atoms with Crippen LogP contribution in [0.1, 0.15) is 28.4 Å². The Kier molecular flexibility index (Phi) is 4.93. The lowest BCUT2D eigenvalue weighted by Crippen LogP contribution is -2.07. The molecule has 1 unspecified atom stereocenters. The van der Waals surface area contributed by atoms with Gasteiger partial charge in [0.15, 0.2) is 5.78 Å². The fraction of sp³-hybridized carbons (Fsp3) is 0.188. The normalized spacial score (nSPS) is 11.9. The van der Waals surface area contributed by atoms with Gasteiger partial charge < -0.3 is 9.84 Å². The van der Waals surface area contributed by atoms with Crippen molar-refractivity contribution in [2.24, 2.45) is 0 Å². The lowest BCUT2D eigenvalue weighted by Gasteiger charge is -2.11. The standard InChI is InChI=1S/C16H15BrO3/c1-20-14-8-4-12(5-9-14)16(19)10-15(18)11-2-6-13(17)7-3-11/h2-9,16,19H,10H2,1H3. The molecule has 0 aromatic heterocycles. The van der Waals surface area contributed by atoms with E-state index >= 15 is 0 Å². The second-order valence-electron chi connectivity index (χ2n) is 4.42. The van der Waals surface area contributed by atoms with E-state index in [1.165, 1.54) is 0 Å². The molecule has 0 saturated heterocycles. The summed E-state index contributed by atoms with van der Waals surface area (Å²) in [4.78, 5) is 12.1. The molecular formula is C16H15BrO3. The minimum Gasteiger partial charge on any atom is -0.497 e. The molecule has 2 aromatic rings. The molecule has 4 heteroatoms. The van der Waals surface area contributed by atoms with Crippen molar-refractivity contribution >= 4 is 21.7 Å². The van der Waals surface area contributed by atoms with Gasteiger partial charge in [0.05, 0.1) is 13.2 Å². The number of Topliss-reactive ketones (excluding diaryl/α,β-unsaturated/α-hetero) is 1. The molecule has 0 heterocycles. The smallest absolute Gasteiger partial charge is 0.165 e. The van der Waals surface area contributed by atoms with Crippen LogP contribution >= 0.6 is 15.9 Å². The highest BCUT2D eigenvalue weighted by atomic mass is 79.9. The predicted molar refractivity (Wildman–Crippen MR) is 81.0 cm³/mol. The maximum atomic E-state index is 12.1. The lowest BCUT2D eigenvalue weighted by atomic mass is 10.0. The van der Waals surface area contributed by atoms with E-state index in [0.29, 0.717) is 11.1 Å². The molecule has 0 spiro atoms. The van der Waals surface area contributed by atoms with E-state index in [0.717, 1.165) is 10.2 Å². The van der Waals surface area contributed by atoms with E-state index in [9.17, 15) is 9.90 Å². The number of ketones is 1. The minimum atomic E-state index is -0.808. The van der Waals surface area contributed by atoms with Gasteiger partial charge in [-0.25, -0.2) is 0 Å². The molecule has 0 bridgehead atoms. The van der Waals surface area contributed by atoms with Crippen molar-refractivity contribution in [1.29, 1.82) is 0 Å². The second-order valence-corrected chi connectivity index (χ2v) is 5.34. The number of carbonyl (C=O) groups is 1. The third-order valence-corrected chi connectivity index (χ3v) is 3.57. The largest absolute Gasteiger partial charge is 0.497 e. The molecule has 1 atom stereocenters. The molecular weight excluding hydrogens is 320 g/mol. The van der Waals surface area contributed by atoms with E-state index in [4.69, 9.17) is 4.74 Å². The monoisotopic (exact) mass is 334 g/mol. The summed E-state index contributed by atoms with van der Waals surface area (Å²) in [5.41, 5.74) is 1.30. The van der Waals surface area contributed by atoms with E-state index in [1.54, 1.807) is 43.5 Å². The van der Waals surface area contributed by atoms with E-state index in [-0.39, 0.29) is 12.2 Å². The van der Waals surface area contributed by atoms with Gasteiger partial charge in [0.2, 0.25) is 0 Å². The van der Waals surface area contributed by atoms with Gasteiger partial charge in [0.1, 0.15) is 5.75 Å². The van der Waals surface area contributed by atoms with Gasteiger partial charge in [-0.3, -0.25) is 4.79 Å². The van der Waals surface area contributed by atoms with Crippen LogP contribution in [-0.2, 0) is 0 Å². The Morgan fingerprint density at radius 2 is 1.75 bits per heavy atom. The Morgan fingerprint density at radius 1 is 1.15 bits per heavy atom. The number of rotatable bonds is 5. The summed E-state index contributed by atoms with van der Waals surface area (Å²) in [6.07, 6.45) is -0.745. The Morgan fingerprint density at radius 3 is 2.30 bits per heavy atom. The molecule has 104 valence electrons. The number of carbonyl (C=O) groups excluding carboxylic acids is 1. The van der Waals surface area contributed by atoms with Crippen LogP contribution in [0.25, 0.3) is 0 Å². The fourth-order valence-corrected chi connectivity index (χ4v) is 2.14. The van der Waals surface area contributed by atoms with Crippen molar-refractivity contribution in [3.8, 4) is 5.75 Å². The van der Waals surface area contributed by atoms with Crippen LogP contribution in [0.2, 0.25) is 0 Å². The topological polar surface area (TPSA) is 46.5 Å². The first kappa shape index (κ1) is 14.8. The predicted octanol–water partition coefficient (Wildman–Crippen LogP) is 3.76. The van der Waals surface area contributed by atoms with Crippen molar-refractivity contribution in [3.05, 3.63) is 64.1 Å². The van der Waals surface area contributed by atoms with Gasteiger partial charge in [-0.2, -0.15) is 0 Å². The number of benzene rings is 2. The Balaban J connectivity index is 2.04. The van der Waals surface area contributed by atoms with Gasteiger partial charge >= 0.3 is 0 Å². The van der Waals surface area contributed by atoms with Gasteiger partial charge in [-0.05, 0) is 29.8 Å². The molecule has 0 amide bonds. The van der Waals surface area contributed by atoms with Gasteiger partial charge in [-0.15, -0.1) is 0 Å². The highest BCUT2D eigenvalue weighted by molar-refractivity contribution is 9.10. The van der Waals surface area contributed by atoms with Crippen LogP contribution in [-0.4, -0.2) is 18.0 Å². The SMILES string of the molecule is COc1ccc(C(O)CC(=O)c2ccc(Br)cc2)cc1. The van der Waals surface area contributed by atoms with Crippen LogP contribution in [0.5, 0.6) is 5.75 Å². The average Bonchev–Trinajstić information content (AvgIpc) is 2.48. The van der Waals surface area contributed by atoms with Crippen LogP contribution in [0.4, 0.5) is 0 Å². The van der Waals surface area contributed by atoms with Gasteiger partial charge in [-0.1, -0.05) is 40.2 Å². The molecule has 1 N–H and O–H groups in total. The zero-order chi connectivity index (χ0) is 14.5. The first-order valence-corrected chi connectivity index (χ1v) is 7.00. The summed E-state index contributed by atoms with van der Waals surface area (Å²) in [5, 5.41) is 10.1. The molecule has 0 aliphatic carbocycles. The van der Waals surface area contributed by atoms with Crippen molar-refractivity contribution in [3.63, 3.8) is 0 Å². The van der Waals surface area contributed by atoms with E-state index in [1.807, 2.05) is 12.1 Å². The minimum absolute atomic E-state index is 0.0635. The molecule has 20 heavy (non-hydrogen) atoms. The van der Waals surface area contributed by atoms with Crippen molar-refractivity contribution in [1.82, 2.24) is 0 Å². The summed E-state index contributed by atoms with van der Waals surface area (Å²) in [6.45, 7) is 0. The molecule has 2 rings (SSSR count). The molecule has 0 radical (unpaired) electrons. The third kappa shape index (κ3) is 3.68. The number of hydrogen-bond donors (Lipinski definition) is 1. The zero-order valence-electron chi connectivity index (χ0n) is 11.0. The van der Waals surface area contributed by atoms with Crippen molar-refractivity contribution in [2.45, 2.75) is 12.5 Å². The number of hydrogen-bond acceptors (Lipinski definition) is 3. The highest BCUT2D eigenvalue weighted by Gasteiger charge is 2.14. The van der Waals surface area contributed by atoms with Crippen molar-refractivity contribution < 1.29 is 14.6 Å². The van der Waals surface area contributed by atoms with Crippen LogP contribution in [0.3, 0.4) is 0 Å².